The van der Waals surface area contributed by atoms with Gasteiger partial charge in [-0.2, -0.15) is 0 Å². The third kappa shape index (κ3) is 5.11. The minimum absolute atomic E-state index is 0.0198. The Balaban J connectivity index is 2.29. The molecule has 1 aromatic rings. The Kier molecular flexibility index (Phi) is 6.75. The number of pyridine rings is 1. The van der Waals surface area contributed by atoms with E-state index in [1.807, 2.05) is 6.07 Å². The van der Waals surface area contributed by atoms with Crippen LogP contribution < -0.4 is 10.1 Å². The molecule has 1 N–H and O–H groups in total. The fourth-order valence-corrected chi connectivity index (χ4v) is 1.29. The molecule has 1 aromatic heterocycles. The van der Waals surface area contributed by atoms with Crippen LogP contribution in [-0.2, 0) is 20.8 Å². The first-order chi connectivity index (χ1) is 8.77. The van der Waals surface area contributed by atoms with Crippen LogP contribution in [0.15, 0.2) is 18.3 Å². The van der Waals surface area contributed by atoms with Crippen LogP contribution in [0.2, 0.25) is 0 Å². The molecular weight excluding hydrogens is 236 g/mol. The van der Waals surface area contributed by atoms with Crippen molar-refractivity contribution in [2.24, 2.45) is 0 Å². The summed E-state index contributed by atoms with van der Waals surface area (Å²) in [6, 6.07) is 3.64. The van der Waals surface area contributed by atoms with Crippen LogP contribution in [-0.4, -0.2) is 44.9 Å². The third-order valence-corrected chi connectivity index (χ3v) is 2.18. The first kappa shape index (κ1) is 14.4. The molecule has 0 atom stereocenters. The molecular formula is C12H18N2O4. The summed E-state index contributed by atoms with van der Waals surface area (Å²) >= 11 is 0. The van der Waals surface area contributed by atoms with Crippen molar-refractivity contribution in [1.82, 2.24) is 10.3 Å². The van der Waals surface area contributed by atoms with Gasteiger partial charge in [0.2, 0.25) is 11.8 Å². The largest absolute Gasteiger partial charge is 0.481 e. The predicted octanol–water partition coefficient (Wildman–Crippen LogP) is 0.369. The number of rotatable bonds is 8. The molecule has 0 fully saturated rings. The van der Waals surface area contributed by atoms with Crippen LogP contribution >= 0.6 is 0 Å². The molecule has 0 saturated heterocycles. The van der Waals surface area contributed by atoms with Gasteiger partial charge in [-0.25, -0.2) is 4.98 Å². The van der Waals surface area contributed by atoms with E-state index in [4.69, 9.17) is 14.2 Å². The molecule has 1 rings (SSSR count). The van der Waals surface area contributed by atoms with Gasteiger partial charge in [-0.3, -0.25) is 4.79 Å². The quantitative estimate of drug-likeness (QED) is 0.679. The monoisotopic (exact) mass is 254 g/mol. The Morgan fingerprint density at radius 1 is 1.39 bits per heavy atom. The highest BCUT2D eigenvalue weighted by Crippen LogP contribution is 2.12. The van der Waals surface area contributed by atoms with E-state index in [0.29, 0.717) is 25.6 Å². The zero-order chi connectivity index (χ0) is 13.2. The summed E-state index contributed by atoms with van der Waals surface area (Å²) in [4.78, 5) is 15.5. The van der Waals surface area contributed by atoms with Crippen LogP contribution in [0.25, 0.3) is 0 Å². The van der Waals surface area contributed by atoms with Crippen molar-refractivity contribution in [1.29, 1.82) is 0 Å². The van der Waals surface area contributed by atoms with Crippen LogP contribution in [0.5, 0.6) is 5.88 Å². The Morgan fingerprint density at radius 3 is 2.94 bits per heavy atom. The molecule has 1 amide bonds. The van der Waals surface area contributed by atoms with E-state index < -0.39 is 0 Å². The van der Waals surface area contributed by atoms with Crippen molar-refractivity contribution in [2.75, 3.05) is 34.0 Å². The van der Waals surface area contributed by atoms with E-state index in [9.17, 15) is 4.79 Å². The Hall–Kier alpha value is -1.66. The normalized spacial score (nSPS) is 10.1. The SMILES string of the molecule is COCCOCC(=O)NCc1cccnc1OC. The van der Waals surface area contributed by atoms with Crippen molar-refractivity contribution in [2.45, 2.75) is 6.54 Å². The first-order valence-corrected chi connectivity index (χ1v) is 5.59. The maximum absolute atomic E-state index is 11.4. The molecule has 0 bridgehead atoms. The van der Waals surface area contributed by atoms with Gasteiger partial charge < -0.3 is 19.5 Å². The van der Waals surface area contributed by atoms with Gasteiger partial charge in [0.15, 0.2) is 0 Å². The zero-order valence-electron chi connectivity index (χ0n) is 10.6. The summed E-state index contributed by atoms with van der Waals surface area (Å²) in [5, 5.41) is 2.73. The van der Waals surface area contributed by atoms with E-state index in [-0.39, 0.29) is 12.5 Å². The summed E-state index contributed by atoms with van der Waals surface area (Å²) in [6.45, 7) is 1.26. The van der Waals surface area contributed by atoms with Gasteiger partial charge in [0.05, 0.1) is 20.3 Å². The number of hydrogen-bond donors (Lipinski definition) is 1. The highest BCUT2D eigenvalue weighted by Gasteiger charge is 2.05. The van der Waals surface area contributed by atoms with Crippen LogP contribution in [0.3, 0.4) is 0 Å². The zero-order valence-corrected chi connectivity index (χ0v) is 10.6. The summed E-state index contributed by atoms with van der Waals surface area (Å²) in [5.74, 6) is 0.329. The van der Waals surface area contributed by atoms with Gasteiger partial charge in [-0.15, -0.1) is 0 Å². The van der Waals surface area contributed by atoms with Gasteiger partial charge in [0.1, 0.15) is 6.61 Å². The molecule has 0 spiro atoms. The number of nitrogens with one attached hydrogen (secondary N) is 1. The molecule has 100 valence electrons. The van der Waals surface area contributed by atoms with Crippen molar-refractivity contribution < 1.29 is 19.0 Å². The number of nitrogens with zero attached hydrogens (tertiary/aromatic N) is 1. The molecule has 0 radical (unpaired) electrons. The topological polar surface area (TPSA) is 69.7 Å². The van der Waals surface area contributed by atoms with E-state index in [1.54, 1.807) is 26.5 Å². The summed E-state index contributed by atoms with van der Waals surface area (Å²) < 4.78 is 15.0. The van der Waals surface area contributed by atoms with Crippen LogP contribution in [0.4, 0.5) is 0 Å². The van der Waals surface area contributed by atoms with Gasteiger partial charge in [-0.1, -0.05) is 6.07 Å². The molecule has 0 unspecified atom stereocenters. The van der Waals surface area contributed by atoms with Gasteiger partial charge in [-0.05, 0) is 6.07 Å². The first-order valence-electron chi connectivity index (χ1n) is 5.59. The second-order valence-electron chi connectivity index (χ2n) is 3.49. The van der Waals surface area contributed by atoms with Crippen molar-refractivity contribution in [3.63, 3.8) is 0 Å². The Morgan fingerprint density at radius 2 is 2.22 bits per heavy atom. The van der Waals surface area contributed by atoms with Crippen LogP contribution in [0, 0.1) is 0 Å². The highest BCUT2D eigenvalue weighted by atomic mass is 16.5. The molecule has 0 aliphatic heterocycles. The van der Waals surface area contributed by atoms with Gasteiger partial charge >= 0.3 is 0 Å². The highest BCUT2D eigenvalue weighted by molar-refractivity contribution is 5.77. The van der Waals surface area contributed by atoms with Crippen LogP contribution in [0.1, 0.15) is 5.56 Å². The van der Waals surface area contributed by atoms with E-state index in [2.05, 4.69) is 10.3 Å². The number of hydrogen-bond acceptors (Lipinski definition) is 5. The average molecular weight is 254 g/mol. The maximum atomic E-state index is 11.4. The third-order valence-electron chi connectivity index (χ3n) is 2.18. The van der Waals surface area contributed by atoms with Gasteiger partial charge in [0, 0.05) is 25.4 Å². The molecule has 0 aromatic carbocycles. The summed E-state index contributed by atoms with van der Waals surface area (Å²) in [5.41, 5.74) is 0.824. The van der Waals surface area contributed by atoms with E-state index >= 15 is 0 Å². The second-order valence-corrected chi connectivity index (χ2v) is 3.49. The standard InChI is InChI=1S/C12H18N2O4/c1-16-6-7-18-9-11(15)14-8-10-4-3-5-13-12(10)17-2/h3-5H,6-9H2,1-2H3,(H,14,15). The number of amides is 1. The number of methoxy groups -OCH3 is 2. The Bertz CT molecular complexity index is 371. The number of carbonyl (C=O) groups excluding carboxylic acids is 1. The summed E-state index contributed by atoms with van der Waals surface area (Å²) in [6.07, 6.45) is 1.64. The minimum atomic E-state index is -0.183. The Labute approximate surface area is 106 Å². The maximum Gasteiger partial charge on any atom is 0.246 e. The molecule has 0 saturated carbocycles. The van der Waals surface area contributed by atoms with Crippen molar-refractivity contribution >= 4 is 5.91 Å². The fourth-order valence-electron chi connectivity index (χ4n) is 1.29. The number of aromatic nitrogens is 1. The second kappa shape index (κ2) is 8.43. The molecule has 1 heterocycles. The lowest BCUT2D eigenvalue weighted by atomic mass is 10.2. The average Bonchev–Trinajstić information content (AvgIpc) is 2.41. The van der Waals surface area contributed by atoms with Gasteiger partial charge in [0.25, 0.3) is 0 Å². The number of ether oxygens (including phenoxy) is 3. The molecule has 18 heavy (non-hydrogen) atoms. The molecule has 6 nitrogen and oxygen atoms in total. The predicted molar refractivity (Wildman–Crippen MR) is 65.3 cm³/mol. The lowest BCUT2D eigenvalue weighted by molar-refractivity contribution is -0.126. The van der Waals surface area contributed by atoms with Crippen molar-refractivity contribution in [3.8, 4) is 5.88 Å². The molecule has 6 heteroatoms. The van der Waals surface area contributed by atoms with E-state index in [0.717, 1.165) is 5.56 Å². The fraction of sp³-hybridized carbons (Fsp3) is 0.500. The summed E-state index contributed by atoms with van der Waals surface area (Å²) in [7, 11) is 3.12. The lowest BCUT2D eigenvalue weighted by Crippen LogP contribution is -2.27. The number of carbonyl (C=O) groups is 1. The lowest BCUT2D eigenvalue weighted by Gasteiger charge is -2.08. The molecule has 0 aliphatic carbocycles. The van der Waals surface area contributed by atoms with Crippen molar-refractivity contribution in [3.05, 3.63) is 23.9 Å². The van der Waals surface area contributed by atoms with E-state index in [1.165, 1.54) is 0 Å². The molecule has 0 aliphatic rings. The minimum Gasteiger partial charge on any atom is -0.481 e. The smallest absolute Gasteiger partial charge is 0.246 e.